The quantitative estimate of drug-likeness (QED) is 0.449. The number of nitrogens with zero attached hydrogens (tertiary/aromatic N) is 4. The van der Waals surface area contributed by atoms with Crippen molar-refractivity contribution in [3.63, 3.8) is 0 Å². The first-order chi connectivity index (χ1) is 17.5. The van der Waals surface area contributed by atoms with E-state index in [1.165, 1.54) is 23.5 Å². The number of carbonyl (C=O) groups excluding carboxylic acids is 2. The molecule has 2 aromatic carbocycles. The Labute approximate surface area is 212 Å². The summed E-state index contributed by atoms with van der Waals surface area (Å²) < 4.78 is 15.3. The maximum atomic E-state index is 13.3. The van der Waals surface area contributed by atoms with Gasteiger partial charge in [-0.05, 0) is 61.4 Å². The van der Waals surface area contributed by atoms with Gasteiger partial charge in [-0.3, -0.25) is 9.59 Å². The number of thiazole rings is 1. The third-order valence-electron chi connectivity index (χ3n) is 7.10. The first-order valence-corrected chi connectivity index (χ1v) is 13.0. The normalized spacial score (nSPS) is 18.1. The number of fused-ring (bicyclic) bond motifs is 1. The maximum absolute atomic E-state index is 13.3. The van der Waals surface area contributed by atoms with E-state index >= 15 is 0 Å². The van der Waals surface area contributed by atoms with Crippen molar-refractivity contribution in [2.75, 3.05) is 26.2 Å². The highest BCUT2D eigenvalue weighted by Crippen LogP contribution is 2.27. The van der Waals surface area contributed by atoms with Gasteiger partial charge in [0.1, 0.15) is 5.82 Å². The van der Waals surface area contributed by atoms with Crippen LogP contribution in [0, 0.1) is 12.7 Å². The third-order valence-corrected chi connectivity index (χ3v) is 7.86. The molecule has 0 unspecified atom stereocenters. The Kier molecular flexibility index (Phi) is 5.81. The van der Waals surface area contributed by atoms with E-state index in [1.54, 1.807) is 18.3 Å². The molecule has 184 valence electrons. The molecule has 6 rings (SSSR count). The molecule has 0 bridgehead atoms. The summed E-state index contributed by atoms with van der Waals surface area (Å²) in [5, 5.41) is 6.95. The molecule has 1 N–H and O–H groups in total. The van der Waals surface area contributed by atoms with Crippen LogP contribution in [0.5, 0.6) is 0 Å². The minimum Gasteiger partial charge on any atom is -0.335 e. The minimum atomic E-state index is -0.268. The van der Waals surface area contributed by atoms with Crippen LogP contribution in [0.4, 0.5) is 4.39 Å². The summed E-state index contributed by atoms with van der Waals surface area (Å²) in [5.74, 6) is -0.233. The number of nitrogens with one attached hydrogen (secondary N) is 1. The SMILES string of the molecule is Cc1cc2c(ccn2-c2ccc(F)cc2)cc1C(=O)N1CC(N[C@H]2CCN(C(=O)c3nccs3)C2)C1. The van der Waals surface area contributed by atoms with Crippen molar-refractivity contribution in [3.05, 3.63) is 82.2 Å². The van der Waals surface area contributed by atoms with Gasteiger partial charge in [0.25, 0.3) is 11.8 Å². The van der Waals surface area contributed by atoms with E-state index in [0.29, 0.717) is 30.2 Å². The molecule has 2 aliphatic rings. The molecule has 4 heterocycles. The summed E-state index contributed by atoms with van der Waals surface area (Å²) in [7, 11) is 0. The number of aromatic nitrogens is 2. The molecule has 0 spiro atoms. The molecule has 2 saturated heterocycles. The number of carbonyl (C=O) groups is 2. The van der Waals surface area contributed by atoms with Crippen molar-refractivity contribution in [2.24, 2.45) is 0 Å². The highest BCUT2D eigenvalue weighted by molar-refractivity contribution is 7.11. The van der Waals surface area contributed by atoms with Gasteiger partial charge in [0.2, 0.25) is 0 Å². The van der Waals surface area contributed by atoms with Gasteiger partial charge in [0.05, 0.1) is 5.52 Å². The van der Waals surface area contributed by atoms with Crippen LogP contribution in [0.1, 0.15) is 32.1 Å². The van der Waals surface area contributed by atoms with Crippen LogP contribution in [-0.4, -0.2) is 69.4 Å². The Morgan fingerprint density at radius 1 is 1.03 bits per heavy atom. The minimum absolute atomic E-state index is 0.00107. The number of hydrogen-bond acceptors (Lipinski definition) is 5. The van der Waals surface area contributed by atoms with Crippen molar-refractivity contribution < 1.29 is 14.0 Å². The summed E-state index contributed by atoms with van der Waals surface area (Å²) in [6.45, 7) is 4.66. The van der Waals surface area contributed by atoms with Gasteiger partial charge < -0.3 is 19.7 Å². The Balaban J connectivity index is 1.08. The van der Waals surface area contributed by atoms with Crippen LogP contribution in [0.25, 0.3) is 16.6 Å². The average molecular weight is 504 g/mol. The standard InChI is InChI=1S/C27H26FN5O2S/c1-17-12-24-18(6-10-33(24)22-4-2-19(28)3-5-22)13-23(17)26(34)32-15-21(16-32)30-20-7-9-31(14-20)27(35)25-29-8-11-36-25/h2-6,8,10-13,20-21,30H,7,9,14-16H2,1H3/t20-/m0/s1. The highest BCUT2D eigenvalue weighted by Gasteiger charge is 2.36. The number of rotatable bonds is 5. The van der Waals surface area contributed by atoms with E-state index in [-0.39, 0.29) is 29.7 Å². The van der Waals surface area contributed by atoms with Gasteiger partial charge in [-0.25, -0.2) is 9.37 Å². The lowest BCUT2D eigenvalue weighted by atomic mass is 10.0. The molecule has 7 nitrogen and oxygen atoms in total. The first-order valence-electron chi connectivity index (χ1n) is 12.1. The Bertz CT molecular complexity index is 1430. The molecule has 0 saturated carbocycles. The fourth-order valence-electron chi connectivity index (χ4n) is 5.14. The summed E-state index contributed by atoms with van der Waals surface area (Å²) >= 11 is 1.37. The van der Waals surface area contributed by atoms with Crippen molar-refractivity contribution >= 4 is 34.1 Å². The molecule has 0 aliphatic carbocycles. The smallest absolute Gasteiger partial charge is 0.282 e. The van der Waals surface area contributed by atoms with Crippen molar-refractivity contribution in [1.82, 2.24) is 24.7 Å². The predicted octanol–water partition coefficient (Wildman–Crippen LogP) is 3.86. The second kappa shape index (κ2) is 9.15. The zero-order valence-electron chi connectivity index (χ0n) is 19.9. The summed E-state index contributed by atoms with van der Waals surface area (Å²) in [6.07, 6.45) is 4.51. The van der Waals surface area contributed by atoms with Gasteiger partial charge in [0, 0.05) is 72.7 Å². The summed E-state index contributed by atoms with van der Waals surface area (Å²) in [4.78, 5) is 33.6. The molecule has 2 amide bonds. The van der Waals surface area contributed by atoms with Gasteiger partial charge in [-0.1, -0.05) is 0 Å². The van der Waals surface area contributed by atoms with E-state index in [2.05, 4.69) is 10.3 Å². The zero-order valence-corrected chi connectivity index (χ0v) is 20.7. The first kappa shape index (κ1) is 22.9. The predicted molar refractivity (Wildman–Crippen MR) is 137 cm³/mol. The lowest BCUT2D eigenvalue weighted by Gasteiger charge is -2.41. The number of aryl methyl sites for hydroxylation is 1. The molecule has 4 aromatic rings. The molecule has 0 radical (unpaired) electrons. The van der Waals surface area contributed by atoms with E-state index in [4.69, 9.17) is 0 Å². The van der Waals surface area contributed by atoms with Crippen molar-refractivity contribution in [3.8, 4) is 5.69 Å². The molecular formula is C27H26FN5O2S. The second-order valence-corrected chi connectivity index (χ2v) is 10.4. The largest absolute Gasteiger partial charge is 0.335 e. The number of hydrogen-bond donors (Lipinski definition) is 1. The van der Waals surface area contributed by atoms with Gasteiger partial charge in [-0.2, -0.15) is 0 Å². The monoisotopic (exact) mass is 503 g/mol. The molecule has 1 atom stereocenters. The van der Waals surface area contributed by atoms with Crippen LogP contribution in [0.3, 0.4) is 0 Å². The van der Waals surface area contributed by atoms with Gasteiger partial charge in [0.15, 0.2) is 5.01 Å². The average Bonchev–Trinajstić information content (AvgIpc) is 3.61. The van der Waals surface area contributed by atoms with E-state index < -0.39 is 0 Å². The molecule has 9 heteroatoms. The van der Waals surface area contributed by atoms with Gasteiger partial charge in [-0.15, -0.1) is 11.3 Å². The van der Waals surface area contributed by atoms with Crippen LogP contribution >= 0.6 is 11.3 Å². The summed E-state index contributed by atoms with van der Waals surface area (Å²) in [5.41, 5.74) is 3.48. The Morgan fingerprint density at radius 3 is 2.56 bits per heavy atom. The summed E-state index contributed by atoms with van der Waals surface area (Å²) in [6, 6.07) is 12.8. The zero-order chi connectivity index (χ0) is 24.8. The number of likely N-dealkylation sites (tertiary alicyclic amines) is 2. The lowest BCUT2D eigenvalue weighted by Crippen LogP contribution is -2.62. The van der Waals surface area contributed by atoms with Crippen LogP contribution in [0.2, 0.25) is 0 Å². The third kappa shape index (κ3) is 4.18. The maximum Gasteiger partial charge on any atom is 0.282 e. The highest BCUT2D eigenvalue weighted by atomic mass is 32.1. The fourth-order valence-corrected chi connectivity index (χ4v) is 5.74. The van der Waals surface area contributed by atoms with Crippen LogP contribution in [0.15, 0.2) is 60.2 Å². The fraction of sp³-hybridized carbons (Fsp3) is 0.296. The van der Waals surface area contributed by atoms with E-state index in [0.717, 1.165) is 35.1 Å². The number of benzene rings is 2. The topological polar surface area (TPSA) is 70.5 Å². The molecule has 2 aliphatic heterocycles. The van der Waals surface area contributed by atoms with Crippen molar-refractivity contribution in [1.29, 1.82) is 0 Å². The Hall–Kier alpha value is -3.56. The lowest BCUT2D eigenvalue weighted by molar-refractivity contribution is 0.0552. The van der Waals surface area contributed by atoms with Crippen LogP contribution in [-0.2, 0) is 0 Å². The molecule has 36 heavy (non-hydrogen) atoms. The van der Waals surface area contributed by atoms with Gasteiger partial charge >= 0.3 is 0 Å². The van der Waals surface area contributed by atoms with Crippen molar-refractivity contribution in [2.45, 2.75) is 25.4 Å². The molecular weight excluding hydrogens is 477 g/mol. The second-order valence-electron chi connectivity index (χ2n) is 9.54. The Morgan fingerprint density at radius 2 is 1.81 bits per heavy atom. The number of halogens is 1. The van der Waals surface area contributed by atoms with E-state index in [9.17, 15) is 14.0 Å². The molecule has 2 aromatic heterocycles. The van der Waals surface area contributed by atoms with E-state index in [1.807, 2.05) is 51.1 Å². The molecule has 2 fully saturated rings. The number of amides is 2. The van der Waals surface area contributed by atoms with Crippen LogP contribution < -0.4 is 5.32 Å².